The molecule has 0 aliphatic carbocycles. The van der Waals surface area contributed by atoms with Crippen LogP contribution >= 0.6 is 34.5 Å². The molecule has 0 fully saturated rings. The Morgan fingerprint density at radius 2 is 2.25 bits per heavy atom. The normalized spacial score (nSPS) is 10.1. The molecule has 0 spiro atoms. The van der Waals surface area contributed by atoms with Crippen LogP contribution in [-0.2, 0) is 0 Å². The number of nitrogens with zero attached hydrogens (tertiary/aromatic N) is 1. The first kappa shape index (κ1) is 11.4. The first-order chi connectivity index (χ1) is 7.66. The Morgan fingerprint density at radius 1 is 1.44 bits per heavy atom. The summed E-state index contributed by atoms with van der Waals surface area (Å²) in [6, 6.07) is 4.89. The van der Waals surface area contributed by atoms with Crippen molar-refractivity contribution in [1.29, 1.82) is 0 Å². The van der Waals surface area contributed by atoms with Gasteiger partial charge in [0.1, 0.15) is 9.90 Å². The van der Waals surface area contributed by atoms with Gasteiger partial charge in [0.2, 0.25) is 5.88 Å². The van der Waals surface area contributed by atoms with Crippen molar-refractivity contribution < 1.29 is 9.53 Å². The van der Waals surface area contributed by atoms with Crippen LogP contribution < -0.4 is 4.74 Å². The molecule has 0 aromatic carbocycles. The summed E-state index contributed by atoms with van der Waals surface area (Å²) in [7, 11) is 0. The van der Waals surface area contributed by atoms with Gasteiger partial charge in [-0.25, -0.2) is 9.78 Å². The number of carbonyl (C=O) groups is 1. The lowest BCUT2D eigenvalue weighted by molar-refractivity contribution is 0.0733. The Balaban J connectivity index is 2.18. The van der Waals surface area contributed by atoms with Gasteiger partial charge in [0.25, 0.3) is 0 Å². The average Bonchev–Trinajstić information content (AvgIpc) is 2.75. The summed E-state index contributed by atoms with van der Waals surface area (Å²) in [6.45, 7) is 0. The number of esters is 1. The fraction of sp³-hybridized carbons (Fsp3) is 0. The second kappa shape index (κ2) is 4.82. The number of rotatable bonds is 2. The molecule has 0 unspecified atom stereocenters. The predicted octanol–water partition coefficient (Wildman–Crippen LogP) is 3.67. The number of hydrogen-bond donors (Lipinski definition) is 0. The molecule has 6 heteroatoms. The number of aromatic nitrogens is 1. The molecule has 0 amide bonds. The van der Waals surface area contributed by atoms with Crippen LogP contribution in [-0.4, -0.2) is 11.0 Å². The zero-order valence-electron chi connectivity index (χ0n) is 7.81. The maximum Gasteiger partial charge on any atom is 0.355 e. The Bertz CT molecular complexity index is 514. The van der Waals surface area contributed by atoms with Crippen molar-refractivity contribution in [2.45, 2.75) is 0 Å². The van der Waals surface area contributed by atoms with Crippen LogP contribution in [0.15, 0.2) is 29.8 Å². The van der Waals surface area contributed by atoms with Gasteiger partial charge < -0.3 is 4.74 Å². The Hall–Kier alpha value is -1.10. The molecule has 0 radical (unpaired) electrons. The van der Waals surface area contributed by atoms with Crippen LogP contribution in [0.25, 0.3) is 0 Å². The number of hydrogen-bond acceptors (Lipinski definition) is 4. The van der Waals surface area contributed by atoms with E-state index in [-0.39, 0.29) is 10.9 Å². The van der Waals surface area contributed by atoms with Gasteiger partial charge in [0.15, 0.2) is 0 Å². The van der Waals surface area contributed by atoms with Gasteiger partial charge in [0.05, 0.1) is 5.02 Å². The molecule has 3 nitrogen and oxygen atoms in total. The maximum atomic E-state index is 11.6. The van der Waals surface area contributed by atoms with Crippen molar-refractivity contribution in [3.8, 4) is 5.88 Å². The third kappa shape index (κ3) is 2.52. The fourth-order valence-electron chi connectivity index (χ4n) is 1.01. The van der Waals surface area contributed by atoms with E-state index >= 15 is 0 Å². The van der Waals surface area contributed by atoms with Crippen LogP contribution in [0, 0.1) is 0 Å². The summed E-state index contributed by atoms with van der Waals surface area (Å²) in [5, 5.41) is 2.38. The van der Waals surface area contributed by atoms with Gasteiger partial charge in [-0.3, -0.25) is 0 Å². The van der Waals surface area contributed by atoms with Crippen LogP contribution in [0.2, 0.25) is 10.0 Å². The molecule has 2 aromatic heterocycles. The smallest absolute Gasteiger partial charge is 0.355 e. The lowest BCUT2D eigenvalue weighted by Crippen LogP contribution is -2.07. The van der Waals surface area contributed by atoms with E-state index < -0.39 is 5.97 Å². The molecule has 0 N–H and O–H groups in total. The minimum absolute atomic E-state index is 0.0597. The topological polar surface area (TPSA) is 39.2 Å². The van der Waals surface area contributed by atoms with Crippen molar-refractivity contribution in [1.82, 2.24) is 4.98 Å². The molecule has 2 rings (SSSR count). The highest BCUT2D eigenvalue weighted by Gasteiger charge is 2.13. The van der Waals surface area contributed by atoms with E-state index in [1.54, 1.807) is 17.5 Å². The third-order valence-electron chi connectivity index (χ3n) is 1.69. The van der Waals surface area contributed by atoms with E-state index in [4.69, 9.17) is 27.9 Å². The molecule has 82 valence electrons. The van der Waals surface area contributed by atoms with Gasteiger partial charge in [-0.05, 0) is 17.5 Å². The van der Waals surface area contributed by atoms with E-state index in [1.165, 1.54) is 23.6 Å². The minimum atomic E-state index is -0.480. The zero-order chi connectivity index (χ0) is 11.5. The highest BCUT2D eigenvalue weighted by molar-refractivity contribution is 7.12. The molecule has 0 aliphatic heterocycles. The molecular formula is C10H5Cl2NO2S. The van der Waals surface area contributed by atoms with Crippen molar-refractivity contribution in [2.75, 3.05) is 0 Å². The van der Waals surface area contributed by atoms with E-state index in [0.717, 1.165) is 0 Å². The Kier molecular flexibility index (Phi) is 3.43. The van der Waals surface area contributed by atoms with E-state index in [9.17, 15) is 4.79 Å². The van der Waals surface area contributed by atoms with E-state index in [1.807, 2.05) is 0 Å². The van der Waals surface area contributed by atoms with E-state index in [2.05, 4.69) is 4.98 Å². The SMILES string of the molecule is O=C(Oc1ncc(Cl)cc1Cl)c1cccs1. The summed E-state index contributed by atoms with van der Waals surface area (Å²) < 4.78 is 5.01. The zero-order valence-corrected chi connectivity index (χ0v) is 10.1. The second-order valence-corrected chi connectivity index (χ2v) is 4.60. The molecule has 2 heterocycles. The molecule has 16 heavy (non-hydrogen) atoms. The summed E-state index contributed by atoms with van der Waals surface area (Å²) in [4.78, 5) is 15.9. The lowest BCUT2D eigenvalue weighted by atomic mass is 10.4. The molecular weight excluding hydrogens is 269 g/mol. The van der Waals surface area contributed by atoms with Gasteiger partial charge >= 0.3 is 5.97 Å². The summed E-state index contributed by atoms with van der Waals surface area (Å²) >= 11 is 12.8. The molecule has 0 saturated heterocycles. The quantitative estimate of drug-likeness (QED) is 0.784. The molecule has 2 aromatic rings. The first-order valence-electron chi connectivity index (χ1n) is 4.23. The van der Waals surface area contributed by atoms with Crippen LogP contribution in [0.1, 0.15) is 9.67 Å². The number of pyridine rings is 1. The monoisotopic (exact) mass is 273 g/mol. The number of halogens is 2. The molecule has 0 atom stereocenters. The van der Waals surface area contributed by atoms with Crippen molar-refractivity contribution in [3.05, 3.63) is 44.7 Å². The van der Waals surface area contributed by atoms with Crippen molar-refractivity contribution in [3.63, 3.8) is 0 Å². The Labute approximate surface area is 106 Å². The van der Waals surface area contributed by atoms with Gasteiger partial charge in [-0.1, -0.05) is 29.3 Å². The predicted molar refractivity (Wildman–Crippen MR) is 63.5 cm³/mol. The standard InChI is InChI=1S/C10H5Cl2NO2S/c11-6-4-7(12)9(13-5-6)15-10(14)8-2-1-3-16-8/h1-5H. The first-order valence-corrected chi connectivity index (χ1v) is 5.87. The largest absolute Gasteiger partial charge is 0.402 e. The van der Waals surface area contributed by atoms with E-state index in [0.29, 0.717) is 9.90 Å². The highest BCUT2D eigenvalue weighted by Crippen LogP contribution is 2.25. The summed E-state index contributed by atoms with van der Waals surface area (Å²) in [5.41, 5.74) is 0. The highest BCUT2D eigenvalue weighted by atomic mass is 35.5. The Morgan fingerprint density at radius 3 is 2.88 bits per heavy atom. The third-order valence-corrected chi connectivity index (χ3v) is 3.01. The molecule has 0 bridgehead atoms. The summed E-state index contributed by atoms with van der Waals surface area (Å²) in [5.74, 6) is -0.420. The van der Waals surface area contributed by atoms with Gasteiger partial charge in [-0.2, -0.15) is 0 Å². The van der Waals surface area contributed by atoms with Gasteiger partial charge in [0, 0.05) is 6.20 Å². The number of ether oxygens (including phenoxy) is 1. The molecule has 0 aliphatic rings. The van der Waals surface area contributed by atoms with Crippen LogP contribution in [0.5, 0.6) is 5.88 Å². The van der Waals surface area contributed by atoms with Crippen molar-refractivity contribution in [2.24, 2.45) is 0 Å². The van der Waals surface area contributed by atoms with Crippen molar-refractivity contribution >= 4 is 40.5 Å². The number of thiophene rings is 1. The van der Waals surface area contributed by atoms with Crippen LogP contribution in [0.3, 0.4) is 0 Å². The molecule has 0 saturated carbocycles. The maximum absolute atomic E-state index is 11.6. The summed E-state index contributed by atoms with van der Waals surface area (Å²) in [6.07, 6.45) is 1.37. The lowest BCUT2D eigenvalue weighted by Gasteiger charge is -2.03. The van der Waals surface area contributed by atoms with Gasteiger partial charge in [-0.15, -0.1) is 11.3 Å². The fourth-order valence-corrected chi connectivity index (χ4v) is 2.03. The second-order valence-electron chi connectivity index (χ2n) is 2.81. The minimum Gasteiger partial charge on any atom is -0.402 e. The number of carbonyl (C=O) groups excluding carboxylic acids is 1. The average molecular weight is 274 g/mol. The van der Waals surface area contributed by atoms with Crippen LogP contribution in [0.4, 0.5) is 0 Å².